The minimum Gasteiger partial charge on any atom is -0.473 e. The summed E-state index contributed by atoms with van der Waals surface area (Å²) in [6.45, 7) is 2.22. The average Bonchev–Trinajstić information content (AvgIpc) is 2.34. The second kappa shape index (κ2) is 5.67. The number of aromatic nitrogens is 2. The summed E-state index contributed by atoms with van der Waals surface area (Å²) in [5.41, 5.74) is 5.58. The second-order valence-electron chi connectivity index (χ2n) is 4.49. The van der Waals surface area contributed by atoms with E-state index >= 15 is 0 Å². The molecule has 0 bridgehead atoms. The summed E-state index contributed by atoms with van der Waals surface area (Å²) >= 11 is 3.39. The average molecular weight is 300 g/mol. The molecule has 0 spiro atoms. The van der Waals surface area contributed by atoms with Gasteiger partial charge in [0.05, 0.1) is 10.7 Å². The lowest BCUT2D eigenvalue weighted by Crippen LogP contribution is -2.30. The number of rotatable bonds is 3. The summed E-state index contributed by atoms with van der Waals surface area (Å²) in [6, 6.07) is 0. The van der Waals surface area contributed by atoms with Crippen molar-refractivity contribution in [2.75, 3.05) is 5.73 Å². The molecule has 0 saturated heterocycles. The highest BCUT2D eigenvalue weighted by molar-refractivity contribution is 9.10. The molecule has 1 fully saturated rings. The number of ether oxygens (including phenoxy) is 1. The first kappa shape index (κ1) is 12.6. The van der Waals surface area contributed by atoms with Gasteiger partial charge in [0.1, 0.15) is 6.10 Å². The molecule has 2 atom stereocenters. The van der Waals surface area contributed by atoms with Crippen LogP contribution in [0.1, 0.15) is 39.0 Å². The molecule has 1 heterocycles. The Hall–Kier alpha value is -0.840. The molecule has 1 aromatic heterocycles. The molecule has 2 N–H and O–H groups in total. The van der Waals surface area contributed by atoms with Crippen LogP contribution in [0.2, 0.25) is 0 Å². The third-order valence-electron chi connectivity index (χ3n) is 3.36. The van der Waals surface area contributed by atoms with Crippen molar-refractivity contribution in [2.24, 2.45) is 5.92 Å². The monoisotopic (exact) mass is 299 g/mol. The van der Waals surface area contributed by atoms with Gasteiger partial charge in [-0.2, -0.15) is 4.98 Å². The van der Waals surface area contributed by atoms with Crippen molar-refractivity contribution in [1.82, 2.24) is 9.97 Å². The van der Waals surface area contributed by atoms with Gasteiger partial charge in [0.2, 0.25) is 11.8 Å². The fourth-order valence-electron chi connectivity index (χ4n) is 2.39. The quantitative estimate of drug-likeness (QED) is 0.931. The molecule has 17 heavy (non-hydrogen) atoms. The van der Waals surface area contributed by atoms with Crippen LogP contribution in [0, 0.1) is 5.92 Å². The SMILES string of the molecule is CCC1CCCCC1Oc1nc(N)ncc1Br. The smallest absolute Gasteiger partial charge is 0.233 e. The van der Waals surface area contributed by atoms with Gasteiger partial charge in [0.25, 0.3) is 0 Å². The first-order chi connectivity index (χ1) is 8.20. The van der Waals surface area contributed by atoms with Crippen LogP contribution in [0.25, 0.3) is 0 Å². The van der Waals surface area contributed by atoms with Crippen molar-refractivity contribution in [1.29, 1.82) is 0 Å². The minimum absolute atomic E-state index is 0.257. The molecule has 1 aromatic rings. The molecule has 94 valence electrons. The fourth-order valence-corrected chi connectivity index (χ4v) is 2.67. The van der Waals surface area contributed by atoms with E-state index in [-0.39, 0.29) is 12.1 Å². The molecule has 4 nitrogen and oxygen atoms in total. The highest BCUT2D eigenvalue weighted by Gasteiger charge is 2.26. The highest BCUT2D eigenvalue weighted by Crippen LogP contribution is 2.32. The zero-order chi connectivity index (χ0) is 12.3. The van der Waals surface area contributed by atoms with Gasteiger partial charge < -0.3 is 10.5 Å². The predicted molar refractivity (Wildman–Crippen MR) is 70.8 cm³/mol. The predicted octanol–water partition coefficient (Wildman–Crippen LogP) is 3.17. The molecular weight excluding hydrogens is 282 g/mol. The first-order valence-electron chi connectivity index (χ1n) is 6.15. The van der Waals surface area contributed by atoms with Crippen molar-refractivity contribution >= 4 is 21.9 Å². The third-order valence-corrected chi connectivity index (χ3v) is 3.90. The number of nitrogens with zero attached hydrogens (tertiary/aromatic N) is 2. The molecule has 2 unspecified atom stereocenters. The standard InChI is InChI=1S/C12H18BrN3O/c1-2-8-5-3-4-6-10(8)17-11-9(13)7-15-12(14)16-11/h7-8,10H,2-6H2,1H3,(H2,14,15,16). The van der Waals surface area contributed by atoms with Crippen LogP contribution in [0.3, 0.4) is 0 Å². The second-order valence-corrected chi connectivity index (χ2v) is 5.34. The van der Waals surface area contributed by atoms with Crippen LogP contribution >= 0.6 is 15.9 Å². The van der Waals surface area contributed by atoms with E-state index in [1.165, 1.54) is 19.3 Å². The van der Waals surface area contributed by atoms with E-state index in [1.807, 2.05) is 0 Å². The van der Waals surface area contributed by atoms with Crippen molar-refractivity contribution in [3.8, 4) is 5.88 Å². The summed E-state index contributed by atoms with van der Waals surface area (Å²) < 4.78 is 6.76. The lowest BCUT2D eigenvalue weighted by atomic mass is 9.85. The maximum atomic E-state index is 5.99. The van der Waals surface area contributed by atoms with Crippen molar-refractivity contribution in [3.63, 3.8) is 0 Å². The van der Waals surface area contributed by atoms with E-state index in [9.17, 15) is 0 Å². The number of hydrogen-bond donors (Lipinski definition) is 1. The Morgan fingerprint density at radius 1 is 1.47 bits per heavy atom. The third kappa shape index (κ3) is 3.09. The number of nitrogen functional groups attached to an aromatic ring is 1. The molecule has 0 aromatic carbocycles. The number of halogens is 1. The Balaban J connectivity index is 2.10. The molecule has 0 radical (unpaired) electrons. The zero-order valence-corrected chi connectivity index (χ0v) is 11.6. The van der Waals surface area contributed by atoms with Crippen LogP contribution in [0.15, 0.2) is 10.7 Å². The van der Waals surface area contributed by atoms with Crippen LogP contribution in [0.4, 0.5) is 5.95 Å². The Bertz CT molecular complexity index is 386. The van der Waals surface area contributed by atoms with Crippen LogP contribution in [-0.4, -0.2) is 16.1 Å². The molecule has 1 aliphatic rings. The van der Waals surface area contributed by atoms with E-state index in [0.717, 1.165) is 17.3 Å². The van der Waals surface area contributed by atoms with E-state index in [1.54, 1.807) is 6.20 Å². The van der Waals surface area contributed by atoms with Crippen LogP contribution in [-0.2, 0) is 0 Å². The molecule has 0 amide bonds. The summed E-state index contributed by atoms with van der Waals surface area (Å²) in [4.78, 5) is 8.04. The highest BCUT2D eigenvalue weighted by atomic mass is 79.9. The van der Waals surface area contributed by atoms with Gasteiger partial charge in [-0.25, -0.2) is 4.98 Å². The summed E-state index contributed by atoms with van der Waals surface area (Å²) in [5.74, 6) is 1.46. The number of nitrogens with two attached hydrogens (primary N) is 1. The van der Waals surface area contributed by atoms with Crippen molar-refractivity contribution in [3.05, 3.63) is 10.7 Å². The zero-order valence-electron chi connectivity index (χ0n) is 10.0. The van der Waals surface area contributed by atoms with Gasteiger partial charge in [-0.15, -0.1) is 0 Å². The molecule has 0 aliphatic heterocycles. The van der Waals surface area contributed by atoms with E-state index in [2.05, 4.69) is 32.8 Å². The maximum absolute atomic E-state index is 5.99. The Morgan fingerprint density at radius 3 is 3.00 bits per heavy atom. The lowest BCUT2D eigenvalue weighted by molar-refractivity contribution is 0.0850. The minimum atomic E-state index is 0.257. The van der Waals surface area contributed by atoms with E-state index < -0.39 is 0 Å². The fraction of sp³-hybridized carbons (Fsp3) is 0.667. The van der Waals surface area contributed by atoms with Gasteiger partial charge in [0.15, 0.2) is 0 Å². The van der Waals surface area contributed by atoms with Gasteiger partial charge >= 0.3 is 0 Å². The molecule has 2 rings (SSSR count). The molecular formula is C12H18BrN3O. The molecule has 1 aliphatic carbocycles. The molecule has 1 saturated carbocycles. The summed E-state index contributed by atoms with van der Waals surface area (Å²) in [6.07, 6.45) is 7.96. The topological polar surface area (TPSA) is 61.0 Å². The van der Waals surface area contributed by atoms with Gasteiger partial charge in [-0.05, 0) is 47.5 Å². The summed E-state index contributed by atoms with van der Waals surface area (Å²) in [5, 5.41) is 0. The van der Waals surface area contributed by atoms with Crippen molar-refractivity contribution in [2.45, 2.75) is 45.1 Å². The maximum Gasteiger partial charge on any atom is 0.233 e. The summed E-state index contributed by atoms with van der Waals surface area (Å²) in [7, 11) is 0. The lowest BCUT2D eigenvalue weighted by Gasteiger charge is -2.30. The Morgan fingerprint density at radius 2 is 2.24 bits per heavy atom. The Kier molecular flexibility index (Phi) is 4.20. The van der Waals surface area contributed by atoms with E-state index in [4.69, 9.17) is 10.5 Å². The van der Waals surface area contributed by atoms with Crippen LogP contribution in [0.5, 0.6) is 5.88 Å². The van der Waals surface area contributed by atoms with E-state index in [0.29, 0.717) is 11.8 Å². The van der Waals surface area contributed by atoms with Gasteiger partial charge in [-0.1, -0.05) is 13.3 Å². The van der Waals surface area contributed by atoms with Crippen LogP contribution < -0.4 is 10.5 Å². The normalized spacial score (nSPS) is 24.6. The first-order valence-corrected chi connectivity index (χ1v) is 6.94. The van der Waals surface area contributed by atoms with Crippen molar-refractivity contribution < 1.29 is 4.74 Å². The Labute approximate surface area is 110 Å². The number of hydrogen-bond acceptors (Lipinski definition) is 4. The van der Waals surface area contributed by atoms with Gasteiger partial charge in [0, 0.05) is 0 Å². The van der Waals surface area contributed by atoms with Gasteiger partial charge in [-0.3, -0.25) is 0 Å². The largest absolute Gasteiger partial charge is 0.473 e. The molecule has 5 heteroatoms. The number of anilines is 1.